The summed E-state index contributed by atoms with van der Waals surface area (Å²) in [6.45, 7) is 5.60. The summed E-state index contributed by atoms with van der Waals surface area (Å²) >= 11 is 0. The molecule has 5 heteroatoms. The molecule has 3 aromatic rings. The summed E-state index contributed by atoms with van der Waals surface area (Å²) in [6, 6.07) is 16.2. The number of aryl methyl sites for hydroxylation is 2. The number of rotatable bonds is 4. The van der Waals surface area contributed by atoms with E-state index in [1.54, 1.807) is 0 Å². The Hall–Kier alpha value is -3.21. The lowest BCUT2D eigenvalue weighted by atomic mass is 9.97. The molecule has 1 aliphatic rings. The van der Waals surface area contributed by atoms with Crippen LogP contribution in [-0.2, 0) is 4.79 Å². The van der Waals surface area contributed by atoms with Gasteiger partial charge in [-0.1, -0.05) is 48.0 Å². The number of carbonyl (C=O) groups is 1. The third kappa shape index (κ3) is 4.45. The summed E-state index contributed by atoms with van der Waals surface area (Å²) in [6.07, 6.45) is 5.55. The topological polar surface area (TPSA) is 58.1 Å². The number of benzene rings is 2. The van der Waals surface area contributed by atoms with Crippen molar-refractivity contribution in [1.29, 1.82) is 0 Å². The van der Waals surface area contributed by atoms with Gasteiger partial charge >= 0.3 is 0 Å². The van der Waals surface area contributed by atoms with Crippen LogP contribution >= 0.6 is 0 Å². The molecule has 1 amide bonds. The quantitative estimate of drug-likeness (QED) is 0.711. The van der Waals surface area contributed by atoms with Crippen molar-refractivity contribution in [3.8, 4) is 11.1 Å². The third-order valence-corrected chi connectivity index (χ3v) is 5.46. The molecule has 1 N–H and O–H groups in total. The number of hydrogen-bond acceptors (Lipinski definition) is 4. The van der Waals surface area contributed by atoms with Crippen LogP contribution in [0.1, 0.15) is 24.0 Å². The van der Waals surface area contributed by atoms with Crippen molar-refractivity contribution in [3.05, 3.63) is 72.1 Å². The van der Waals surface area contributed by atoms with Crippen molar-refractivity contribution in [2.75, 3.05) is 23.3 Å². The largest absolute Gasteiger partial charge is 0.340 e. The van der Waals surface area contributed by atoms with Gasteiger partial charge in [-0.05, 0) is 43.9 Å². The van der Waals surface area contributed by atoms with Gasteiger partial charge in [-0.25, -0.2) is 9.97 Å². The first kappa shape index (κ1) is 19.1. The van der Waals surface area contributed by atoms with Gasteiger partial charge in [0.2, 0.25) is 11.9 Å². The highest BCUT2D eigenvalue weighted by molar-refractivity contribution is 5.93. The van der Waals surface area contributed by atoms with Crippen molar-refractivity contribution in [2.45, 2.75) is 26.7 Å². The van der Waals surface area contributed by atoms with Crippen LogP contribution in [0.4, 0.5) is 11.6 Å². The summed E-state index contributed by atoms with van der Waals surface area (Å²) < 4.78 is 0. The van der Waals surface area contributed by atoms with Crippen molar-refractivity contribution in [1.82, 2.24) is 9.97 Å². The smallest absolute Gasteiger partial charge is 0.229 e. The average Bonchev–Trinajstić information content (AvgIpc) is 2.76. The third-order valence-electron chi connectivity index (χ3n) is 5.46. The van der Waals surface area contributed by atoms with E-state index in [0.717, 1.165) is 41.8 Å². The summed E-state index contributed by atoms with van der Waals surface area (Å²) in [4.78, 5) is 24.1. The monoisotopic (exact) mass is 386 g/mol. The minimum absolute atomic E-state index is 0.0677. The van der Waals surface area contributed by atoms with Crippen LogP contribution in [0.2, 0.25) is 0 Å². The molecule has 4 rings (SSSR count). The zero-order valence-corrected chi connectivity index (χ0v) is 16.9. The van der Waals surface area contributed by atoms with Gasteiger partial charge < -0.3 is 10.2 Å². The molecule has 1 aliphatic heterocycles. The van der Waals surface area contributed by atoms with Crippen LogP contribution in [0.15, 0.2) is 60.9 Å². The Morgan fingerprint density at radius 3 is 2.52 bits per heavy atom. The summed E-state index contributed by atoms with van der Waals surface area (Å²) in [7, 11) is 0. The maximum atomic E-state index is 12.8. The van der Waals surface area contributed by atoms with E-state index < -0.39 is 0 Å². The molecule has 1 fully saturated rings. The number of anilines is 2. The molecule has 2 aromatic carbocycles. The number of nitrogens with zero attached hydrogens (tertiary/aromatic N) is 3. The van der Waals surface area contributed by atoms with Gasteiger partial charge in [-0.15, -0.1) is 0 Å². The molecule has 29 heavy (non-hydrogen) atoms. The molecule has 1 atom stereocenters. The summed E-state index contributed by atoms with van der Waals surface area (Å²) in [5.74, 6) is 0.693. The lowest BCUT2D eigenvalue weighted by molar-refractivity contribution is -0.120. The van der Waals surface area contributed by atoms with E-state index in [4.69, 9.17) is 0 Å². The highest BCUT2D eigenvalue weighted by atomic mass is 16.1. The summed E-state index contributed by atoms with van der Waals surface area (Å²) in [5, 5.41) is 3.10. The van der Waals surface area contributed by atoms with E-state index in [0.29, 0.717) is 12.5 Å². The Morgan fingerprint density at radius 2 is 1.79 bits per heavy atom. The average molecular weight is 386 g/mol. The van der Waals surface area contributed by atoms with Crippen molar-refractivity contribution in [3.63, 3.8) is 0 Å². The Kier molecular flexibility index (Phi) is 5.56. The minimum Gasteiger partial charge on any atom is -0.340 e. The second kappa shape index (κ2) is 8.43. The molecular weight excluding hydrogens is 360 g/mol. The number of amides is 1. The van der Waals surface area contributed by atoms with Crippen LogP contribution < -0.4 is 10.2 Å². The number of carbonyl (C=O) groups excluding carboxylic acids is 1. The molecule has 1 aromatic heterocycles. The zero-order valence-electron chi connectivity index (χ0n) is 16.9. The fraction of sp³-hybridized carbons (Fsp3) is 0.292. The Labute approximate surface area is 171 Å². The fourth-order valence-corrected chi connectivity index (χ4v) is 3.83. The Balaban J connectivity index is 1.43. The molecule has 0 spiro atoms. The minimum atomic E-state index is -0.0677. The van der Waals surface area contributed by atoms with Crippen LogP contribution in [0.25, 0.3) is 11.1 Å². The van der Waals surface area contributed by atoms with Crippen molar-refractivity contribution < 1.29 is 4.79 Å². The second-order valence-electron chi connectivity index (χ2n) is 7.73. The molecule has 0 radical (unpaired) electrons. The van der Waals surface area contributed by atoms with Crippen LogP contribution in [0.3, 0.4) is 0 Å². The van der Waals surface area contributed by atoms with E-state index in [1.807, 2.05) is 61.8 Å². The van der Waals surface area contributed by atoms with Crippen LogP contribution in [0, 0.1) is 19.8 Å². The standard InChI is InChI=1S/C24H26N4O/c1-17-10-11-22(18(2)13-17)27-23(29)20-9-6-12-28(16-20)24-25-14-21(15-26-24)19-7-4-3-5-8-19/h3-5,7-8,10-11,13-15,20H,6,9,12,16H2,1-2H3,(H,27,29). The molecule has 0 aliphatic carbocycles. The Bertz CT molecular complexity index is 986. The first-order valence-electron chi connectivity index (χ1n) is 10.1. The first-order chi connectivity index (χ1) is 14.1. The van der Waals surface area contributed by atoms with E-state index in [9.17, 15) is 4.79 Å². The maximum Gasteiger partial charge on any atom is 0.229 e. The van der Waals surface area contributed by atoms with E-state index in [1.165, 1.54) is 5.56 Å². The van der Waals surface area contributed by atoms with Gasteiger partial charge in [0.25, 0.3) is 0 Å². The highest BCUT2D eigenvalue weighted by Gasteiger charge is 2.27. The van der Waals surface area contributed by atoms with Gasteiger partial charge in [0.15, 0.2) is 0 Å². The predicted octanol–water partition coefficient (Wildman–Crippen LogP) is 4.62. The van der Waals surface area contributed by atoms with E-state index in [2.05, 4.69) is 33.2 Å². The normalized spacial score (nSPS) is 16.5. The van der Waals surface area contributed by atoms with Gasteiger partial charge in [0.1, 0.15) is 0 Å². The van der Waals surface area contributed by atoms with Crippen molar-refractivity contribution in [2.24, 2.45) is 5.92 Å². The molecule has 2 heterocycles. The second-order valence-corrected chi connectivity index (χ2v) is 7.73. The van der Waals surface area contributed by atoms with E-state index in [-0.39, 0.29) is 11.8 Å². The van der Waals surface area contributed by atoms with E-state index >= 15 is 0 Å². The molecular formula is C24H26N4O. The molecule has 1 saturated heterocycles. The number of nitrogens with one attached hydrogen (secondary N) is 1. The SMILES string of the molecule is Cc1ccc(NC(=O)C2CCCN(c3ncc(-c4ccccc4)cn3)C2)c(C)c1. The predicted molar refractivity (Wildman–Crippen MR) is 117 cm³/mol. The first-order valence-corrected chi connectivity index (χ1v) is 10.1. The molecule has 5 nitrogen and oxygen atoms in total. The molecule has 0 bridgehead atoms. The highest BCUT2D eigenvalue weighted by Crippen LogP contribution is 2.24. The van der Waals surface area contributed by atoms with Gasteiger partial charge in [-0.3, -0.25) is 4.79 Å². The zero-order chi connectivity index (χ0) is 20.2. The van der Waals surface area contributed by atoms with Crippen LogP contribution in [0.5, 0.6) is 0 Å². The Morgan fingerprint density at radius 1 is 1.03 bits per heavy atom. The van der Waals surface area contributed by atoms with Gasteiger partial charge in [0.05, 0.1) is 5.92 Å². The lowest BCUT2D eigenvalue weighted by Crippen LogP contribution is -2.41. The molecule has 148 valence electrons. The number of hydrogen-bond donors (Lipinski definition) is 1. The fourth-order valence-electron chi connectivity index (χ4n) is 3.83. The molecule has 0 saturated carbocycles. The number of aromatic nitrogens is 2. The van der Waals surface area contributed by atoms with Gasteiger partial charge in [0, 0.05) is 36.7 Å². The summed E-state index contributed by atoms with van der Waals surface area (Å²) in [5.41, 5.74) is 5.27. The maximum absolute atomic E-state index is 12.8. The molecule has 1 unspecified atom stereocenters. The van der Waals surface area contributed by atoms with Gasteiger partial charge in [-0.2, -0.15) is 0 Å². The van der Waals surface area contributed by atoms with Crippen LogP contribution in [-0.4, -0.2) is 29.0 Å². The number of piperidine rings is 1. The van der Waals surface area contributed by atoms with Crippen molar-refractivity contribution >= 4 is 17.5 Å². The lowest BCUT2D eigenvalue weighted by Gasteiger charge is -2.32.